The monoisotopic (exact) mass is 494 g/mol. The van der Waals surface area contributed by atoms with Crippen molar-refractivity contribution in [3.8, 4) is 21.7 Å². The summed E-state index contributed by atoms with van der Waals surface area (Å²) in [6, 6.07) is 13.9. The van der Waals surface area contributed by atoms with Crippen LogP contribution in [0.15, 0.2) is 72.6 Å². The Kier molecular flexibility index (Phi) is 9.68. The highest BCUT2D eigenvalue weighted by molar-refractivity contribution is 7.13. The zero-order valence-electron chi connectivity index (χ0n) is 20.1. The van der Waals surface area contributed by atoms with Crippen molar-refractivity contribution < 1.29 is 28.2 Å². The van der Waals surface area contributed by atoms with Crippen LogP contribution in [0.3, 0.4) is 0 Å². The fourth-order valence-electron chi connectivity index (χ4n) is 3.18. The van der Waals surface area contributed by atoms with Crippen molar-refractivity contribution >= 4 is 23.3 Å². The van der Waals surface area contributed by atoms with Crippen molar-refractivity contribution in [1.82, 2.24) is 10.2 Å². The van der Waals surface area contributed by atoms with Crippen molar-refractivity contribution in [3.63, 3.8) is 0 Å². The number of hydrogen-bond acceptors (Lipinski definition) is 6. The van der Waals surface area contributed by atoms with E-state index in [1.165, 1.54) is 10.4 Å². The number of pyridine rings is 2. The minimum absolute atomic E-state index is 0.207. The molecule has 0 spiro atoms. The second kappa shape index (κ2) is 13.1. The van der Waals surface area contributed by atoms with E-state index in [9.17, 15) is 9.59 Å². The second-order valence-electron chi connectivity index (χ2n) is 7.54. The van der Waals surface area contributed by atoms with Crippen LogP contribution in [0.25, 0.3) is 21.7 Å². The molecule has 0 aliphatic carbocycles. The molecule has 0 amide bonds. The normalized spacial score (nSPS) is 10.3. The first-order chi connectivity index (χ1) is 17.0. The molecule has 0 atom stereocenters. The lowest BCUT2D eigenvalue weighted by Crippen LogP contribution is -2.37. The van der Waals surface area contributed by atoms with Crippen molar-refractivity contribution in [2.75, 3.05) is 13.2 Å². The number of esters is 2. The number of nitrogens with one attached hydrogen (secondary N) is 1. The molecule has 35 heavy (non-hydrogen) atoms. The van der Waals surface area contributed by atoms with Gasteiger partial charge in [-0.1, -0.05) is 6.07 Å². The lowest BCUT2D eigenvalue weighted by Gasteiger charge is -1.99. The number of aryl methyl sites for hydroxylation is 1. The predicted octanol–water partition coefficient (Wildman–Crippen LogP) is 3.50. The molecule has 0 aromatic carbocycles. The number of hydrogen-bond donors (Lipinski definition) is 1. The maximum absolute atomic E-state index is 11.3. The fourth-order valence-corrected chi connectivity index (χ4v) is 3.91. The number of thiophene rings is 1. The number of nitrogens with zero attached hydrogens (tertiary/aromatic N) is 3. The Bertz CT molecular complexity index is 1200. The first kappa shape index (κ1) is 25.8. The molecular formula is C26H30N4O4S+2. The molecule has 0 saturated heterocycles. The molecule has 4 aromatic heterocycles. The molecule has 4 aromatic rings. The van der Waals surface area contributed by atoms with E-state index in [0.717, 1.165) is 17.0 Å². The van der Waals surface area contributed by atoms with Crippen LogP contribution in [0.4, 0.5) is 0 Å². The van der Waals surface area contributed by atoms with Gasteiger partial charge in [0, 0.05) is 46.0 Å². The average molecular weight is 495 g/mol. The van der Waals surface area contributed by atoms with Gasteiger partial charge in [-0.3, -0.25) is 5.10 Å². The molecular weight excluding hydrogens is 464 g/mol. The van der Waals surface area contributed by atoms with Crippen molar-refractivity contribution in [3.05, 3.63) is 78.3 Å². The molecule has 0 saturated carbocycles. The number of ether oxygens (including phenoxy) is 2. The van der Waals surface area contributed by atoms with Crippen molar-refractivity contribution in [2.24, 2.45) is 0 Å². The van der Waals surface area contributed by atoms with Gasteiger partial charge in [0.1, 0.15) is 0 Å². The molecule has 0 aliphatic rings. The lowest BCUT2D eigenvalue weighted by atomic mass is 10.2. The Balaban J connectivity index is 0.000000196. The second-order valence-corrected chi connectivity index (χ2v) is 8.49. The highest BCUT2D eigenvalue weighted by Gasteiger charge is 2.11. The minimum atomic E-state index is -0.231. The zero-order chi connectivity index (χ0) is 25.0. The molecule has 1 N–H and O–H groups in total. The van der Waals surface area contributed by atoms with E-state index in [-0.39, 0.29) is 25.0 Å². The Hall–Kier alpha value is -3.85. The Morgan fingerprint density at radius 1 is 0.886 bits per heavy atom. The predicted molar refractivity (Wildman–Crippen MR) is 132 cm³/mol. The average Bonchev–Trinajstić information content (AvgIpc) is 3.53. The number of aromatic nitrogens is 4. The summed E-state index contributed by atoms with van der Waals surface area (Å²) >= 11 is 1.70. The van der Waals surface area contributed by atoms with E-state index >= 15 is 0 Å². The van der Waals surface area contributed by atoms with Crippen molar-refractivity contribution in [2.45, 2.75) is 33.9 Å². The van der Waals surface area contributed by atoms with Crippen LogP contribution in [0.1, 0.15) is 19.5 Å². The van der Waals surface area contributed by atoms with Gasteiger partial charge in [0.2, 0.25) is 13.1 Å². The maximum Gasteiger partial charge on any atom is 0.372 e. The molecule has 182 valence electrons. The lowest BCUT2D eigenvalue weighted by molar-refractivity contribution is -0.685. The standard InChI is InChI=1S/C13H15N3O2.C13H14NO2S/c1-3-18-13(17)9-16-6-4-11(5-7-16)12-8-10(2)14-15-12;1-2-16-13(15)10-14-7-5-11(6-8-14)12-4-3-9-17-12/h4-8H,3,9H2,1-2H3;3-9H,2,10H2,1H3/q;+1/p+1. The van der Waals surface area contributed by atoms with E-state index in [1.807, 2.05) is 79.6 Å². The third-order valence-corrected chi connectivity index (χ3v) is 5.74. The Morgan fingerprint density at radius 2 is 1.43 bits per heavy atom. The van der Waals surface area contributed by atoms with E-state index in [4.69, 9.17) is 9.47 Å². The van der Waals surface area contributed by atoms with Gasteiger partial charge in [0.05, 0.1) is 18.9 Å². The fraction of sp³-hybridized carbons (Fsp3) is 0.269. The molecule has 0 bridgehead atoms. The molecule has 0 aliphatic heterocycles. The summed E-state index contributed by atoms with van der Waals surface area (Å²) < 4.78 is 13.4. The molecule has 8 nitrogen and oxygen atoms in total. The van der Waals surface area contributed by atoms with Gasteiger partial charge < -0.3 is 9.47 Å². The van der Waals surface area contributed by atoms with Crippen LogP contribution in [0.2, 0.25) is 0 Å². The first-order valence-corrected chi connectivity index (χ1v) is 12.2. The molecule has 0 fully saturated rings. The molecule has 0 radical (unpaired) electrons. The first-order valence-electron chi connectivity index (χ1n) is 11.3. The number of H-pyrrole nitrogens is 1. The maximum atomic E-state index is 11.3. The van der Waals surface area contributed by atoms with Crippen LogP contribution in [0, 0.1) is 6.92 Å². The summed E-state index contributed by atoms with van der Waals surface area (Å²) in [6.07, 6.45) is 7.48. The van der Waals surface area contributed by atoms with Gasteiger partial charge in [-0.2, -0.15) is 14.2 Å². The number of carbonyl (C=O) groups excluding carboxylic acids is 2. The van der Waals surface area contributed by atoms with Crippen LogP contribution in [-0.4, -0.2) is 35.3 Å². The summed E-state index contributed by atoms with van der Waals surface area (Å²) in [5, 5.41) is 9.13. The van der Waals surface area contributed by atoms with Gasteiger partial charge in [0.25, 0.3) is 0 Å². The van der Waals surface area contributed by atoms with Gasteiger partial charge in [-0.15, -0.1) is 11.3 Å². The quantitative estimate of drug-likeness (QED) is 0.299. The molecule has 4 rings (SSSR count). The SMILES string of the molecule is CCOC(=O)C[n+]1ccc(-c2cc(C)[nH]n2)cc1.CCOC(=O)C[n+]1ccc(-c2cccs2)cc1. The summed E-state index contributed by atoms with van der Waals surface area (Å²) in [5.74, 6) is -0.438. The summed E-state index contributed by atoms with van der Waals surface area (Å²) in [5.41, 5.74) is 4.10. The summed E-state index contributed by atoms with van der Waals surface area (Å²) in [6.45, 7) is 6.89. The van der Waals surface area contributed by atoms with Crippen LogP contribution >= 0.6 is 11.3 Å². The van der Waals surface area contributed by atoms with Gasteiger partial charge in [-0.25, -0.2) is 9.59 Å². The molecule has 4 heterocycles. The smallest absolute Gasteiger partial charge is 0.372 e. The van der Waals surface area contributed by atoms with Crippen LogP contribution in [0.5, 0.6) is 0 Å². The number of rotatable bonds is 8. The summed E-state index contributed by atoms with van der Waals surface area (Å²) in [4.78, 5) is 23.8. The van der Waals surface area contributed by atoms with Crippen LogP contribution in [-0.2, 0) is 32.2 Å². The third kappa shape index (κ3) is 8.15. The largest absolute Gasteiger partial charge is 0.461 e. The van der Waals surface area contributed by atoms with Crippen molar-refractivity contribution in [1.29, 1.82) is 0 Å². The zero-order valence-corrected chi connectivity index (χ0v) is 21.0. The van der Waals surface area contributed by atoms with E-state index in [1.54, 1.807) is 22.8 Å². The minimum Gasteiger partial charge on any atom is -0.461 e. The molecule has 9 heteroatoms. The molecule has 0 unspecified atom stereocenters. The number of aromatic amines is 1. The third-order valence-electron chi connectivity index (χ3n) is 4.82. The van der Waals surface area contributed by atoms with Gasteiger partial charge in [0.15, 0.2) is 24.8 Å². The Labute approximate surface area is 208 Å². The highest BCUT2D eigenvalue weighted by Crippen LogP contribution is 2.22. The number of carbonyl (C=O) groups is 2. The highest BCUT2D eigenvalue weighted by atomic mass is 32.1. The van der Waals surface area contributed by atoms with E-state index < -0.39 is 0 Å². The van der Waals surface area contributed by atoms with E-state index in [2.05, 4.69) is 21.6 Å². The van der Waals surface area contributed by atoms with Crippen LogP contribution < -0.4 is 9.13 Å². The van der Waals surface area contributed by atoms with E-state index in [0.29, 0.717) is 13.2 Å². The Morgan fingerprint density at radius 3 is 1.86 bits per heavy atom. The van der Waals surface area contributed by atoms with Gasteiger partial charge in [-0.05, 0) is 38.3 Å². The topological polar surface area (TPSA) is 89.0 Å². The summed E-state index contributed by atoms with van der Waals surface area (Å²) in [7, 11) is 0. The van der Waals surface area contributed by atoms with Gasteiger partial charge >= 0.3 is 11.9 Å².